The van der Waals surface area contributed by atoms with Crippen LogP contribution in [0.3, 0.4) is 0 Å². The Hall–Kier alpha value is -1.88. The highest BCUT2D eigenvalue weighted by molar-refractivity contribution is 5.21. The summed E-state index contributed by atoms with van der Waals surface area (Å²) in [7, 11) is 0. The van der Waals surface area contributed by atoms with Crippen LogP contribution in [0, 0.1) is 17.5 Å². The SMILES string of the molecule is OC(Cc1cccc(F)c1F)c1ccc(F)cn1. The van der Waals surface area contributed by atoms with E-state index in [1.165, 1.54) is 18.2 Å². The van der Waals surface area contributed by atoms with Crippen LogP contribution in [0.15, 0.2) is 36.5 Å². The van der Waals surface area contributed by atoms with E-state index in [2.05, 4.69) is 4.98 Å². The van der Waals surface area contributed by atoms with Crippen molar-refractivity contribution in [1.82, 2.24) is 4.98 Å². The number of hydrogen-bond donors (Lipinski definition) is 1. The minimum Gasteiger partial charge on any atom is -0.386 e. The molecule has 2 nitrogen and oxygen atoms in total. The molecule has 0 fully saturated rings. The number of rotatable bonds is 3. The predicted octanol–water partition coefficient (Wildman–Crippen LogP) is 2.78. The molecule has 2 aromatic rings. The summed E-state index contributed by atoms with van der Waals surface area (Å²) in [5.41, 5.74) is 0.258. The molecule has 1 aromatic carbocycles. The molecular weight excluding hydrogens is 243 g/mol. The number of hydrogen-bond acceptors (Lipinski definition) is 2. The molecule has 5 heteroatoms. The Morgan fingerprint density at radius 3 is 2.56 bits per heavy atom. The van der Waals surface area contributed by atoms with Crippen molar-refractivity contribution < 1.29 is 18.3 Å². The lowest BCUT2D eigenvalue weighted by Crippen LogP contribution is -2.06. The van der Waals surface area contributed by atoms with Crippen LogP contribution in [0.4, 0.5) is 13.2 Å². The molecule has 94 valence electrons. The van der Waals surface area contributed by atoms with Crippen molar-refractivity contribution in [2.45, 2.75) is 12.5 Å². The summed E-state index contributed by atoms with van der Waals surface area (Å²) >= 11 is 0. The molecule has 18 heavy (non-hydrogen) atoms. The molecule has 1 heterocycles. The van der Waals surface area contributed by atoms with Crippen LogP contribution in [0.25, 0.3) is 0 Å². The van der Waals surface area contributed by atoms with Gasteiger partial charge in [0.15, 0.2) is 11.6 Å². The topological polar surface area (TPSA) is 33.1 Å². The number of benzene rings is 1. The summed E-state index contributed by atoms with van der Waals surface area (Å²) in [5, 5.41) is 9.81. The molecule has 1 unspecified atom stereocenters. The minimum atomic E-state index is -1.11. The Morgan fingerprint density at radius 1 is 1.11 bits per heavy atom. The fourth-order valence-electron chi connectivity index (χ4n) is 1.60. The number of nitrogens with zero attached hydrogens (tertiary/aromatic N) is 1. The quantitative estimate of drug-likeness (QED) is 0.912. The summed E-state index contributed by atoms with van der Waals surface area (Å²) in [4.78, 5) is 3.69. The molecular formula is C13H10F3NO. The zero-order chi connectivity index (χ0) is 13.1. The number of aliphatic hydroxyl groups excluding tert-OH is 1. The van der Waals surface area contributed by atoms with Gasteiger partial charge in [-0.1, -0.05) is 12.1 Å². The lowest BCUT2D eigenvalue weighted by Gasteiger charge is -2.10. The zero-order valence-corrected chi connectivity index (χ0v) is 9.28. The average molecular weight is 253 g/mol. The largest absolute Gasteiger partial charge is 0.386 e. The van der Waals surface area contributed by atoms with Crippen molar-refractivity contribution in [2.24, 2.45) is 0 Å². The number of pyridine rings is 1. The second-order valence-corrected chi connectivity index (χ2v) is 3.83. The van der Waals surface area contributed by atoms with Crippen LogP contribution in [0.1, 0.15) is 17.4 Å². The Kier molecular flexibility index (Phi) is 3.62. The van der Waals surface area contributed by atoms with Crippen molar-refractivity contribution in [3.63, 3.8) is 0 Å². The first-order valence-corrected chi connectivity index (χ1v) is 5.30. The summed E-state index contributed by atoms with van der Waals surface area (Å²) < 4.78 is 39.0. The average Bonchev–Trinajstić information content (AvgIpc) is 2.36. The second-order valence-electron chi connectivity index (χ2n) is 3.83. The minimum absolute atomic E-state index is 0.0497. The van der Waals surface area contributed by atoms with E-state index in [1.807, 2.05) is 0 Å². The summed E-state index contributed by atoms with van der Waals surface area (Å²) in [5.74, 6) is -2.48. The van der Waals surface area contributed by atoms with Crippen molar-refractivity contribution in [3.8, 4) is 0 Å². The molecule has 0 radical (unpaired) electrons. The van der Waals surface area contributed by atoms with Gasteiger partial charge in [0.2, 0.25) is 0 Å². The molecule has 0 bridgehead atoms. The van der Waals surface area contributed by atoms with Crippen LogP contribution >= 0.6 is 0 Å². The highest BCUT2D eigenvalue weighted by Gasteiger charge is 2.14. The molecule has 0 saturated carbocycles. The van der Waals surface area contributed by atoms with Gasteiger partial charge in [-0.05, 0) is 23.8 Å². The van der Waals surface area contributed by atoms with E-state index in [-0.39, 0.29) is 17.7 Å². The molecule has 0 saturated heterocycles. The molecule has 1 aromatic heterocycles. The van der Waals surface area contributed by atoms with Gasteiger partial charge in [-0.3, -0.25) is 4.98 Å². The van der Waals surface area contributed by atoms with Crippen LogP contribution in [-0.4, -0.2) is 10.1 Å². The van der Waals surface area contributed by atoms with E-state index < -0.39 is 23.6 Å². The van der Waals surface area contributed by atoms with E-state index in [0.717, 1.165) is 18.3 Å². The van der Waals surface area contributed by atoms with Gasteiger partial charge in [0.05, 0.1) is 11.9 Å². The van der Waals surface area contributed by atoms with Crippen molar-refractivity contribution in [2.75, 3.05) is 0 Å². The van der Waals surface area contributed by atoms with Crippen molar-refractivity contribution in [1.29, 1.82) is 0 Å². The second kappa shape index (κ2) is 5.18. The summed E-state index contributed by atoms with van der Waals surface area (Å²) in [6, 6.07) is 6.19. The maximum absolute atomic E-state index is 13.4. The zero-order valence-electron chi connectivity index (χ0n) is 9.28. The molecule has 1 N–H and O–H groups in total. The van der Waals surface area contributed by atoms with Gasteiger partial charge in [-0.15, -0.1) is 0 Å². The Balaban J connectivity index is 2.18. The van der Waals surface area contributed by atoms with E-state index in [0.29, 0.717) is 0 Å². The molecule has 0 amide bonds. The van der Waals surface area contributed by atoms with Crippen LogP contribution in [0.5, 0.6) is 0 Å². The van der Waals surface area contributed by atoms with Gasteiger partial charge < -0.3 is 5.11 Å². The van der Waals surface area contributed by atoms with Crippen LogP contribution in [0.2, 0.25) is 0 Å². The first kappa shape index (κ1) is 12.6. The van der Waals surface area contributed by atoms with E-state index in [9.17, 15) is 18.3 Å². The molecule has 0 aliphatic heterocycles. The number of aliphatic hydroxyl groups is 1. The maximum Gasteiger partial charge on any atom is 0.162 e. The first-order valence-electron chi connectivity index (χ1n) is 5.30. The molecule has 2 rings (SSSR count). The van der Waals surface area contributed by atoms with Crippen molar-refractivity contribution >= 4 is 0 Å². The summed E-state index contributed by atoms with van der Waals surface area (Å²) in [6.07, 6.45) is -0.273. The molecule has 0 aliphatic carbocycles. The summed E-state index contributed by atoms with van der Waals surface area (Å²) in [6.45, 7) is 0. The van der Waals surface area contributed by atoms with E-state index in [1.54, 1.807) is 0 Å². The number of aromatic nitrogens is 1. The lowest BCUT2D eigenvalue weighted by atomic mass is 10.0. The van der Waals surface area contributed by atoms with Gasteiger partial charge in [-0.2, -0.15) is 0 Å². The smallest absolute Gasteiger partial charge is 0.162 e. The van der Waals surface area contributed by atoms with E-state index >= 15 is 0 Å². The van der Waals surface area contributed by atoms with Gasteiger partial charge in [0.25, 0.3) is 0 Å². The predicted molar refractivity (Wildman–Crippen MR) is 59.2 cm³/mol. The lowest BCUT2D eigenvalue weighted by molar-refractivity contribution is 0.172. The Bertz CT molecular complexity index is 542. The first-order chi connectivity index (χ1) is 8.58. The fraction of sp³-hybridized carbons (Fsp3) is 0.154. The number of halogens is 3. The third-order valence-electron chi connectivity index (χ3n) is 2.54. The third-order valence-corrected chi connectivity index (χ3v) is 2.54. The Morgan fingerprint density at radius 2 is 1.89 bits per heavy atom. The monoisotopic (exact) mass is 253 g/mol. The van der Waals surface area contributed by atoms with Crippen LogP contribution < -0.4 is 0 Å². The molecule has 0 spiro atoms. The van der Waals surface area contributed by atoms with Gasteiger partial charge in [0.1, 0.15) is 11.9 Å². The van der Waals surface area contributed by atoms with Crippen LogP contribution in [-0.2, 0) is 6.42 Å². The normalized spacial score (nSPS) is 12.4. The van der Waals surface area contributed by atoms with Gasteiger partial charge >= 0.3 is 0 Å². The molecule has 1 atom stereocenters. The highest BCUT2D eigenvalue weighted by atomic mass is 19.2. The third kappa shape index (κ3) is 2.68. The van der Waals surface area contributed by atoms with Gasteiger partial charge in [-0.25, -0.2) is 13.2 Å². The fourth-order valence-corrected chi connectivity index (χ4v) is 1.60. The van der Waals surface area contributed by atoms with E-state index in [4.69, 9.17) is 0 Å². The highest BCUT2D eigenvalue weighted by Crippen LogP contribution is 2.20. The Labute approximate surface area is 102 Å². The standard InChI is InChI=1S/C13H10F3NO/c14-9-4-5-11(17-7-9)12(18)6-8-2-1-3-10(15)13(8)16/h1-5,7,12,18H,6H2. The van der Waals surface area contributed by atoms with Crippen molar-refractivity contribution in [3.05, 3.63) is 65.2 Å². The van der Waals surface area contributed by atoms with Gasteiger partial charge in [0, 0.05) is 6.42 Å². The molecule has 0 aliphatic rings. The maximum atomic E-state index is 13.4.